The Hall–Kier alpha value is -1.18. The Morgan fingerprint density at radius 1 is 1.18 bits per heavy atom. The number of anilines is 1. The van der Waals surface area contributed by atoms with Crippen LogP contribution in [0.4, 0.5) is 5.95 Å². The maximum Gasteiger partial charge on any atom is 0.498 e. The lowest BCUT2D eigenvalue weighted by Crippen LogP contribution is -2.41. The van der Waals surface area contributed by atoms with Crippen LogP contribution < -0.4 is 10.4 Å². The average Bonchev–Trinajstić information content (AvgIpc) is 2.68. The Balaban J connectivity index is 1.72. The summed E-state index contributed by atoms with van der Waals surface area (Å²) in [4.78, 5) is 10.9. The summed E-state index contributed by atoms with van der Waals surface area (Å²) in [6.07, 6.45) is 5.03. The molecule has 1 aromatic heterocycles. The first-order valence-corrected chi connectivity index (χ1v) is 7.89. The van der Waals surface area contributed by atoms with E-state index in [-0.39, 0.29) is 17.3 Å². The van der Waals surface area contributed by atoms with Gasteiger partial charge in [-0.25, -0.2) is 9.97 Å². The van der Waals surface area contributed by atoms with E-state index in [1.807, 2.05) is 32.6 Å². The number of hydrogen-bond donors (Lipinski definition) is 1. The Kier molecular flexibility index (Phi) is 3.91. The third-order valence-corrected chi connectivity index (χ3v) is 4.86. The van der Waals surface area contributed by atoms with E-state index in [0.29, 0.717) is 12.5 Å². The molecule has 0 saturated carbocycles. The molecule has 3 rings (SSSR count). The van der Waals surface area contributed by atoms with Gasteiger partial charge in [-0.15, -0.1) is 0 Å². The number of nitrogens with zero attached hydrogens (tertiary/aromatic N) is 3. The minimum Gasteiger partial charge on any atom is -0.399 e. The Labute approximate surface area is 132 Å². The van der Waals surface area contributed by atoms with Crippen LogP contribution in [0.1, 0.15) is 40.5 Å². The largest absolute Gasteiger partial charge is 0.498 e. The van der Waals surface area contributed by atoms with E-state index in [2.05, 4.69) is 9.97 Å². The Morgan fingerprint density at radius 2 is 1.77 bits per heavy atom. The van der Waals surface area contributed by atoms with E-state index in [4.69, 9.17) is 9.31 Å². The number of β-amino-alcohol motifs (C(OH)–C–C–N with tert-alkyl or cyclic N) is 1. The average molecular weight is 305 g/mol. The molecule has 2 aliphatic heterocycles. The first-order chi connectivity index (χ1) is 10.3. The molecule has 0 aliphatic carbocycles. The van der Waals surface area contributed by atoms with Crippen LogP contribution in [0, 0.1) is 0 Å². The van der Waals surface area contributed by atoms with E-state index in [1.54, 1.807) is 12.4 Å². The molecule has 0 bridgehead atoms. The fraction of sp³-hybridized carbons (Fsp3) is 0.733. The van der Waals surface area contributed by atoms with Crippen LogP contribution in [0.5, 0.6) is 0 Å². The Bertz CT molecular complexity index is 519. The molecule has 1 N–H and O–H groups in total. The number of rotatable bonds is 2. The molecule has 0 unspecified atom stereocenters. The summed E-state index contributed by atoms with van der Waals surface area (Å²) in [5.41, 5.74) is 0.0839. The topological polar surface area (TPSA) is 67.7 Å². The summed E-state index contributed by atoms with van der Waals surface area (Å²) in [6, 6.07) is 0. The summed E-state index contributed by atoms with van der Waals surface area (Å²) in [7, 11) is -0.439. The second kappa shape index (κ2) is 5.47. The van der Waals surface area contributed by atoms with Crippen molar-refractivity contribution in [3.63, 3.8) is 0 Å². The molecule has 6 nitrogen and oxygen atoms in total. The molecule has 1 aromatic rings. The molecular weight excluding hydrogens is 281 g/mol. The van der Waals surface area contributed by atoms with E-state index >= 15 is 0 Å². The highest BCUT2D eigenvalue weighted by Crippen LogP contribution is 2.36. The maximum absolute atomic E-state index is 9.75. The van der Waals surface area contributed by atoms with Crippen molar-refractivity contribution in [2.24, 2.45) is 0 Å². The quantitative estimate of drug-likeness (QED) is 0.813. The third kappa shape index (κ3) is 2.85. The number of hydrogen-bond acceptors (Lipinski definition) is 6. The van der Waals surface area contributed by atoms with Gasteiger partial charge in [-0.3, -0.25) is 0 Å². The van der Waals surface area contributed by atoms with Crippen molar-refractivity contribution in [2.45, 2.75) is 57.8 Å². The predicted molar refractivity (Wildman–Crippen MR) is 85.2 cm³/mol. The van der Waals surface area contributed by atoms with Crippen molar-refractivity contribution < 1.29 is 14.4 Å². The molecule has 2 fully saturated rings. The summed E-state index contributed by atoms with van der Waals surface area (Å²) in [5, 5.41) is 9.75. The van der Waals surface area contributed by atoms with Crippen molar-refractivity contribution in [3.05, 3.63) is 12.4 Å². The first-order valence-electron chi connectivity index (χ1n) is 7.89. The number of aromatic nitrogens is 2. The zero-order valence-corrected chi connectivity index (χ0v) is 13.7. The van der Waals surface area contributed by atoms with E-state index in [1.165, 1.54) is 0 Å². The second-order valence-electron chi connectivity index (χ2n) is 7.15. The highest BCUT2D eigenvalue weighted by Gasteiger charge is 2.51. The van der Waals surface area contributed by atoms with Gasteiger partial charge in [-0.1, -0.05) is 0 Å². The van der Waals surface area contributed by atoms with E-state index in [9.17, 15) is 5.11 Å². The number of aliphatic hydroxyl groups excluding tert-OH is 1. The van der Waals surface area contributed by atoms with Gasteiger partial charge in [-0.2, -0.15) is 0 Å². The van der Waals surface area contributed by atoms with Crippen LogP contribution in [0.25, 0.3) is 0 Å². The van der Waals surface area contributed by atoms with E-state index < -0.39 is 7.12 Å². The fourth-order valence-electron chi connectivity index (χ4n) is 2.73. The van der Waals surface area contributed by atoms with Crippen LogP contribution in [0.2, 0.25) is 0 Å². The zero-order valence-electron chi connectivity index (χ0n) is 13.7. The molecule has 3 heterocycles. The molecule has 0 radical (unpaired) electrons. The molecule has 0 aromatic carbocycles. The van der Waals surface area contributed by atoms with Gasteiger partial charge in [0.2, 0.25) is 5.95 Å². The molecule has 2 saturated heterocycles. The first kappa shape index (κ1) is 15.7. The van der Waals surface area contributed by atoms with Crippen molar-refractivity contribution in [1.82, 2.24) is 9.97 Å². The van der Waals surface area contributed by atoms with Gasteiger partial charge in [0.25, 0.3) is 0 Å². The SMILES string of the molecule is CC1(C)OB(c2cnc(N3CCC[C@H](O)C3)nc2)OC1(C)C. The van der Waals surface area contributed by atoms with Crippen molar-refractivity contribution >= 4 is 18.5 Å². The standard InChI is InChI=1S/C15H24BN3O3/c1-14(2)15(3,4)22-16(21-14)11-8-17-13(18-9-11)19-7-5-6-12(20)10-19/h8-9,12,20H,5-7,10H2,1-4H3/t12-/m0/s1. The van der Waals surface area contributed by atoms with Gasteiger partial charge in [0.15, 0.2) is 0 Å². The minimum absolute atomic E-state index is 0.292. The molecule has 2 aliphatic rings. The van der Waals surface area contributed by atoms with Crippen molar-refractivity contribution in [2.75, 3.05) is 18.0 Å². The monoisotopic (exact) mass is 305 g/mol. The summed E-state index contributed by atoms with van der Waals surface area (Å²) in [6.45, 7) is 9.58. The molecule has 7 heteroatoms. The predicted octanol–water partition coefficient (Wildman–Crippen LogP) is 0.737. The minimum atomic E-state index is -0.439. The van der Waals surface area contributed by atoms with Crippen LogP contribution in [0.3, 0.4) is 0 Å². The van der Waals surface area contributed by atoms with E-state index in [0.717, 1.165) is 24.8 Å². The summed E-state index contributed by atoms with van der Waals surface area (Å²) < 4.78 is 12.0. The summed E-state index contributed by atoms with van der Waals surface area (Å²) >= 11 is 0. The van der Waals surface area contributed by atoms with Gasteiger partial charge >= 0.3 is 7.12 Å². The fourth-order valence-corrected chi connectivity index (χ4v) is 2.73. The highest BCUT2D eigenvalue weighted by atomic mass is 16.7. The highest BCUT2D eigenvalue weighted by molar-refractivity contribution is 6.61. The normalized spacial score (nSPS) is 27.2. The van der Waals surface area contributed by atoms with Crippen molar-refractivity contribution in [3.8, 4) is 0 Å². The summed E-state index contributed by atoms with van der Waals surface area (Å²) in [5.74, 6) is 0.652. The smallest absolute Gasteiger partial charge is 0.399 e. The Morgan fingerprint density at radius 3 is 2.32 bits per heavy atom. The van der Waals surface area contributed by atoms with Gasteiger partial charge in [0.1, 0.15) is 0 Å². The van der Waals surface area contributed by atoms with Crippen LogP contribution >= 0.6 is 0 Å². The van der Waals surface area contributed by atoms with Gasteiger partial charge in [0.05, 0.1) is 17.3 Å². The molecule has 0 amide bonds. The van der Waals surface area contributed by atoms with Crippen molar-refractivity contribution in [1.29, 1.82) is 0 Å². The van der Waals surface area contributed by atoms with Crippen LogP contribution in [-0.2, 0) is 9.31 Å². The lowest BCUT2D eigenvalue weighted by atomic mass is 9.81. The van der Waals surface area contributed by atoms with Gasteiger partial charge < -0.3 is 19.3 Å². The molecular formula is C15H24BN3O3. The number of piperidine rings is 1. The van der Waals surface area contributed by atoms with Gasteiger partial charge in [-0.05, 0) is 40.5 Å². The third-order valence-electron chi connectivity index (χ3n) is 4.86. The van der Waals surface area contributed by atoms with Crippen LogP contribution in [-0.4, -0.2) is 52.6 Å². The molecule has 120 valence electrons. The second-order valence-corrected chi connectivity index (χ2v) is 7.15. The lowest BCUT2D eigenvalue weighted by molar-refractivity contribution is 0.00578. The van der Waals surface area contributed by atoms with Crippen LogP contribution in [0.15, 0.2) is 12.4 Å². The number of aliphatic hydroxyl groups is 1. The molecule has 0 spiro atoms. The molecule has 1 atom stereocenters. The zero-order chi connectivity index (χ0) is 16.0. The molecule has 22 heavy (non-hydrogen) atoms. The maximum atomic E-state index is 9.75. The lowest BCUT2D eigenvalue weighted by Gasteiger charge is -2.32. The van der Waals surface area contributed by atoms with Gasteiger partial charge in [0, 0.05) is 30.9 Å².